The van der Waals surface area contributed by atoms with Gasteiger partial charge in [-0.25, -0.2) is 9.69 Å². The number of amides is 5. The molecule has 22 heavy (non-hydrogen) atoms. The number of imide groups is 2. The predicted molar refractivity (Wildman–Crippen MR) is 80.1 cm³/mol. The fourth-order valence-electron chi connectivity index (χ4n) is 2.79. The van der Waals surface area contributed by atoms with Gasteiger partial charge in [-0.15, -0.1) is 12.4 Å². The van der Waals surface area contributed by atoms with Gasteiger partial charge < -0.3 is 10.6 Å². The molecule has 8 nitrogen and oxygen atoms in total. The Balaban J connectivity index is 0.00000242. The first-order valence-corrected chi connectivity index (χ1v) is 7.03. The van der Waals surface area contributed by atoms with Crippen molar-refractivity contribution in [2.45, 2.75) is 38.3 Å². The van der Waals surface area contributed by atoms with Gasteiger partial charge >= 0.3 is 17.8 Å². The highest BCUT2D eigenvalue weighted by Crippen LogP contribution is 2.20. The predicted octanol–water partition coefficient (Wildman–Crippen LogP) is -0.443. The SMILES string of the molecule is CC(N)C1CCCCN1C(=O)CN1C(=O)C(=O)N(C)C1=O.Cl. The van der Waals surface area contributed by atoms with Crippen molar-refractivity contribution in [2.24, 2.45) is 5.73 Å². The van der Waals surface area contributed by atoms with Crippen LogP contribution in [0.3, 0.4) is 0 Å². The van der Waals surface area contributed by atoms with Crippen molar-refractivity contribution in [3.8, 4) is 0 Å². The molecular weight excluding hydrogens is 312 g/mol. The molecule has 2 aliphatic rings. The lowest BCUT2D eigenvalue weighted by molar-refractivity contribution is -0.145. The van der Waals surface area contributed by atoms with Crippen LogP contribution in [-0.4, -0.2) is 70.7 Å². The van der Waals surface area contributed by atoms with Crippen molar-refractivity contribution in [3.05, 3.63) is 0 Å². The first-order chi connectivity index (χ1) is 9.84. The minimum Gasteiger partial charge on any atom is -0.337 e. The van der Waals surface area contributed by atoms with Crippen LogP contribution in [0.5, 0.6) is 0 Å². The van der Waals surface area contributed by atoms with Gasteiger partial charge in [0, 0.05) is 25.7 Å². The Bertz CT molecular complexity index is 496. The topological polar surface area (TPSA) is 104 Å². The number of likely N-dealkylation sites (tertiary alicyclic amines) is 1. The fourth-order valence-corrected chi connectivity index (χ4v) is 2.79. The Morgan fingerprint density at radius 3 is 2.41 bits per heavy atom. The molecule has 0 aromatic heterocycles. The summed E-state index contributed by atoms with van der Waals surface area (Å²) in [6.07, 6.45) is 2.68. The summed E-state index contributed by atoms with van der Waals surface area (Å²) in [5.74, 6) is -2.21. The number of nitrogens with zero attached hydrogens (tertiary/aromatic N) is 3. The molecule has 9 heteroatoms. The van der Waals surface area contributed by atoms with Gasteiger partial charge in [0.05, 0.1) is 0 Å². The van der Waals surface area contributed by atoms with Crippen LogP contribution in [0.1, 0.15) is 26.2 Å². The number of hydrogen-bond donors (Lipinski definition) is 1. The molecule has 2 rings (SSSR count). The van der Waals surface area contributed by atoms with E-state index in [1.807, 2.05) is 6.92 Å². The Morgan fingerprint density at radius 2 is 1.91 bits per heavy atom. The van der Waals surface area contributed by atoms with Gasteiger partial charge in [-0.3, -0.25) is 19.3 Å². The van der Waals surface area contributed by atoms with E-state index in [9.17, 15) is 19.2 Å². The van der Waals surface area contributed by atoms with E-state index in [-0.39, 0.29) is 30.4 Å². The second kappa shape index (κ2) is 7.06. The lowest BCUT2D eigenvalue weighted by atomic mass is 9.97. The smallest absolute Gasteiger partial charge is 0.334 e. The molecular formula is C13H21ClN4O4. The number of carbonyl (C=O) groups excluding carboxylic acids is 4. The van der Waals surface area contributed by atoms with E-state index >= 15 is 0 Å². The highest BCUT2D eigenvalue weighted by molar-refractivity contribution is 6.44. The highest BCUT2D eigenvalue weighted by Gasteiger charge is 2.44. The summed E-state index contributed by atoms with van der Waals surface area (Å²) >= 11 is 0. The number of urea groups is 1. The maximum absolute atomic E-state index is 12.4. The fraction of sp³-hybridized carbons (Fsp3) is 0.692. The molecule has 2 unspecified atom stereocenters. The average Bonchev–Trinajstić information content (AvgIpc) is 2.65. The second-order valence-electron chi connectivity index (χ2n) is 5.55. The van der Waals surface area contributed by atoms with Gasteiger partial charge in [-0.2, -0.15) is 0 Å². The van der Waals surface area contributed by atoms with Gasteiger partial charge in [0.1, 0.15) is 6.54 Å². The molecule has 0 radical (unpaired) electrons. The molecule has 2 atom stereocenters. The normalized spacial score (nSPS) is 23.7. The van der Waals surface area contributed by atoms with Crippen LogP contribution in [-0.2, 0) is 14.4 Å². The average molecular weight is 333 g/mol. The summed E-state index contributed by atoms with van der Waals surface area (Å²) in [4.78, 5) is 50.3. The second-order valence-corrected chi connectivity index (χ2v) is 5.55. The van der Waals surface area contributed by atoms with E-state index in [1.54, 1.807) is 4.90 Å². The van der Waals surface area contributed by atoms with Crippen LogP contribution in [0, 0.1) is 0 Å². The number of halogens is 1. The van der Waals surface area contributed by atoms with E-state index in [1.165, 1.54) is 7.05 Å². The third-order valence-corrected chi connectivity index (χ3v) is 4.02. The van der Waals surface area contributed by atoms with Crippen LogP contribution in [0.15, 0.2) is 0 Å². The summed E-state index contributed by atoms with van der Waals surface area (Å²) in [5.41, 5.74) is 5.90. The van der Waals surface area contributed by atoms with Gasteiger partial charge in [0.15, 0.2) is 0 Å². The van der Waals surface area contributed by atoms with Crippen molar-refractivity contribution in [1.82, 2.24) is 14.7 Å². The molecule has 0 aromatic rings. The largest absolute Gasteiger partial charge is 0.337 e. The van der Waals surface area contributed by atoms with Gasteiger partial charge in [-0.1, -0.05) is 0 Å². The van der Waals surface area contributed by atoms with Crippen LogP contribution >= 0.6 is 12.4 Å². The Hall–Kier alpha value is -1.67. The van der Waals surface area contributed by atoms with Crippen molar-refractivity contribution in [1.29, 1.82) is 0 Å². The molecule has 5 amide bonds. The number of piperidine rings is 1. The van der Waals surface area contributed by atoms with E-state index in [0.717, 1.165) is 24.2 Å². The Kier molecular flexibility index (Phi) is 5.90. The summed E-state index contributed by atoms with van der Waals surface area (Å²) in [7, 11) is 1.22. The Morgan fingerprint density at radius 1 is 1.27 bits per heavy atom. The molecule has 2 heterocycles. The molecule has 0 aliphatic carbocycles. The van der Waals surface area contributed by atoms with Crippen molar-refractivity contribution < 1.29 is 19.2 Å². The third kappa shape index (κ3) is 3.22. The number of likely N-dealkylation sites (N-methyl/N-ethyl adjacent to an activating group) is 1. The summed E-state index contributed by atoms with van der Waals surface area (Å²) in [6, 6.07) is -1.02. The standard InChI is InChI=1S/C13H20N4O4.ClH/c1-8(14)9-5-3-4-6-16(9)10(18)7-17-12(20)11(19)15(2)13(17)21;/h8-9H,3-7,14H2,1-2H3;1H. The summed E-state index contributed by atoms with van der Waals surface area (Å²) < 4.78 is 0. The summed E-state index contributed by atoms with van der Waals surface area (Å²) in [5, 5.41) is 0. The van der Waals surface area contributed by atoms with Gasteiger partial charge in [-0.05, 0) is 26.2 Å². The van der Waals surface area contributed by atoms with Crippen LogP contribution in [0.2, 0.25) is 0 Å². The third-order valence-electron chi connectivity index (χ3n) is 4.02. The van der Waals surface area contributed by atoms with Crippen LogP contribution in [0.4, 0.5) is 4.79 Å². The number of carbonyl (C=O) groups is 4. The first kappa shape index (κ1) is 18.4. The zero-order valence-corrected chi connectivity index (χ0v) is 13.5. The molecule has 2 N–H and O–H groups in total. The van der Waals surface area contributed by atoms with E-state index in [0.29, 0.717) is 11.4 Å². The van der Waals surface area contributed by atoms with Crippen molar-refractivity contribution in [3.63, 3.8) is 0 Å². The van der Waals surface area contributed by atoms with E-state index in [4.69, 9.17) is 5.73 Å². The van der Waals surface area contributed by atoms with Crippen LogP contribution < -0.4 is 5.73 Å². The molecule has 0 bridgehead atoms. The number of nitrogens with two attached hydrogens (primary N) is 1. The Labute approximate surface area is 135 Å². The lowest BCUT2D eigenvalue weighted by Gasteiger charge is -2.38. The summed E-state index contributed by atoms with van der Waals surface area (Å²) in [6.45, 7) is 1.99. The maximum Gasteiger partial charge on any atom is 0.334 e. The minimum atomic E-state index is -0.954. The minimum absolute atomic E-state index is 0. The zero-order chi connectivity index (χ0) is 15.7. The molecule has 2 saturated heterocycles. The van der Waals surface area contributed by atoms with Gasteiger partial charge in [0.25, 0.3) is 0 Å². The van der Waals surface area contributed by atoms with Crippen molar-refractivity contribution >= 4 is 36.2 Å². The number of rotatable bonds is 3. The monoisotopic (exact) mass is 332 g/mol. The van der Waals surface area contributed by atoms with E-state index < -0.39 is 24.4 Å². The molecule has 0 spiro atoms. The quantitative estimate of drug-likeness (QED) is 0.557. The molecule has 0 aromatic carbocycles. The zero-order valence-electron chi connectivity index (χ0n) is 12.7. The molecule has 124 valence electrons. The molecule has 2 fully saturated rings. The number of hydrogen-bond acceptors (Lipinski definition) is 5. The van der Waals surface area contributed by atoms with E-state index in [2.05, 4.69) is 0 Å². The molecule has 2 aliphatic heterocycles. The maximum atomic E-state index is 12.4. The lowest BCUT2D eigenvalue weighted by Crippen LogP contribution is -2.54. The van der Waals surface area contributed by atoms with Crippen molar-refractivity contribution in [2.75, 3.05) is 20.1 Å². The van der Waals surface area contributed by atoms with Gasteiger partial charge in [0.2, 0.25) is 5.91 Å². The highest BCUT2D eigenvalue weighted by atomic mass is 35.5. The molecule has 0 saturated carbocycles. The van der Waals surface area contributed by atoms with Crippen LogP contribution in [0.25, 0.3) is 0 Å². The first-order valence-electron chi connectivity index (χ1n) is 7.03.